The molecule has 2 nitrogen and oxygen atoms in total. The molecule has 2 heteroatoms. The van der Waals surface area contributed by atoms with Crippen molar-refractivity contribution < 1.29 is 9.47 Å². The van der Waals surface area contributed by atoms with Crippen molar-refractivity contribution in [3.05, 3.63) is 37.0 Å². The van der Waals surface area contributed by atoms with Crippen molar-refractivity contribution in [2.24, 2.45) is 17.8 Å². The predicted molar refractivity (Wildman–Crippen MR) is 81.3 cm³/mol. The first-order valence-electron chi connectivity index (χ1n) is 8.08. The Bertz CT molecular complexity index is 394. The minimum atomic E-state index is -0.293. The van der Waals surface area contributed by atoms with E-state index in [-0.39, 0.29) is 5.79 Å². The maximum Gasteiger partial charge on any atom is 0.171 e. The molecule has 0 bridgehead atoms. The molecule has 0 aromatic carbocycles. The maximum absolute atomic E-state index is 6.32. The van der Waals surface area contributed by atoms with Gasteiger partial charge >= 0.3 is 0 Å². The first kappa shape index (κ1) is 14.1. The highest BCUT2D eigenvalue weighted by Gasteiger charge is 2.53. The summed E-state index contributed by atoms with van der Waals surface area (Å²) in [5.74, 6) is 1.73. The number of rotatable bonds is 5. The van der Waals surface area contributed by atoms with Gasteiger partial charge in [-0.2, -0.15) is 0 Å². The van der Waals surface area contributed by atoms with Crippen LogP contribution in [0.5, 0.6) is 0 Å². The number of allylic oxidation sites excluding steroid dienone is 4. The summed E-state index contributed by atoms with van der Waals surface area (Å²) >= 11 is 0. The zero-order valence-electron chi connectivity index (χ0n) is 12.3. The van der Waals surface area contributed by atoms with E-state index in [1.165, 1.54) is 25.7 Å². The van der Waals surface area contributed by atoms with Gasteiger partial charge in [0.1, 0.15) is 0 Å². The summed E-state index contributed by atoms with van der Waals surface area (Å²) in [4.78, 5) is 0. The molecule has 1 aliphatic heterocycles. The van der Waals surface area contributed by atoms with Crippen LogP contribution < -0.4 is 0 Å². The lowest BCUT2D eigenvalue weighted by atomic mass is 9.63. The summed E-state index contributed by atoms with van der Waals surface area (Å²) in [7, 11) is 0. The minimum absolute atomic E-state index is 0.293. The number of hydrogen-bond acceptors (Lipinski definition) is 2. The summed E-state index contributed by atoms with van der Waals surface area (Å²) in [6.45, 7) is 5.29. The zero-order chi connectivity index (χ0) is 13.8. The average molecular weight is 274 g/mol. The molecule has 110 valence electrons. The van der Waals surface area contributed by atoms with E-state index in [1.807, 2.05) is 12.2 Å². The van der Waals surface area contributed by atoms with Crippen molar-refractivity contribution in [2.45, 2.75) is 44.3 Å². The molecule has 0 spiro atoms. The predicted octanol–water partition coefficient (Wildman–Crippen LogP) is 4.24. The minimum Gasteiger partial charge on any atom is -0.350 e. The normalized spacial score (nSPS) is 39.7. The first-order valence-corrected chi connectivity index (χ1v) is 8.08. The quantitative estimate of drug-likeness (QED) is 0.424. The molecule has 1 saturated heterocycles. The first-order chi connectivity index (χ1) is 9.86. The lowest BCUT2D eigenvalue weighted by Gasteiger charge is -2.54. The third kappa shape index (κ3) is 2.64. The third-order valence-electron chi connectivity index (χ3n) is 5.10. The Balaban J connectivity index is 1.69. The molecule has 20 heavy (non-hydrogen) atoms. The van der Waals surface area contributed by atoms with Crippen LogP contribution in [0.4, 0.5) is 0 Å². The molecule has 2 aliphatic carbocycles. The van der Waals surface area contributed by atoms with Crippen LogP contribution in [0.2, 0.25) is 0 Å². The van der Waals surface area contributed by atoms with Gasteiger partial charge in [-0.3, -0.25) is 0 Å². The Hall–Kier alpha value is -0.860. The van der Waals surface area contributed by atoms with Crippen molar-refractivity contribution in [3.63, 3.8) is 0 Å². The van der Waals surface area contributed by atoms with E-state index in [4.69, 9.17) is 9.47 Å². The van der Waals surface area contributed by atoms with E-state index in [9.17, 15) is 0 Å². The molecule has 0 amide bonds. The molecule has 0 radical (unpaired) electrons. The van der Waals surface area contributed by atoms with E-state index < -0.39 is 0 Å². The molecule has 0 N–H and O–H groups in total. The van der Waals surface area contributed by atoms with Crippen LogP contribution in [0.25, 0.3) is 0 Å². The molecule has 2 fully saturated rings. The fourth-order valence-corrected chi connectivity index (χ4v) is 4.32. The Morgan fingerprint density at radius 3 is 3.25 bits per heavy atom. The second-order valence-electron chi connectivity index (χ2n) is 6.26. The lowest BCUT2D eigenvalue weighted by molar-refractivity contribution is -0.316. The van der Waals surface area contributed by atoms with Gasteiger partial charge in [0.05, 0.1) is 13.2 Å². The Kier molecular flexibility index (Phi) is 4.42. The largest absolute Gasteiger partial charge is 0.350 e. The van der Waals surface area contributed by atoms with Crippen molar-refractivity contribution in [2.75, 3.05) is 13.2 Å². The van der Waals surface area contributed by atoms with Gasteiger partial charge < -0.3 is 9.47 Å². The Morgan fingerprint density at radius 1 is 1.40 bits per heavy atom. The molecule has 1 saturated carbocycles. The van der Waals surface area contributed by atoms with Crippen molar-refractivity contribution >= 4 is 0 Å². The summed E-state index contributed by atoms with van der Waals surface area (Å²) in [5, 5.41) is 0. The third-order valence-corrected chi connectivity index (χ3v) is 5.10. The van der Waals surface area contributed by atoms with Gasteiger partial charge in [-0.1, -0.05) is 37.0 Å². The number of ether oxygens (including phenoxy) is 2. The Morgan fingerprint density at radius 2 is 2.35 bits per heavy atom. The van der Waals surface area contributed by atoms with Gasteiger partial charge in [0.2, 0.25) is 0 Å². The van der Waals surface area contributed by atoms with Crippen LogP contribution in [0.15, 0.2) is 37.0 Å². The van der Waals surface area contributed by atoms with Gasteiger partial charge in [-0.05, 0) is 43.9 Å². The van der Waals surface area contributed by atoms with Gasteiger partial charge in [0.25, 0.3) is 0 Å². The van der Waals surface area contributed by atoms with Crippen LogP contribution >= 0.6 is 0 Å². The molecule has 4 atom stereocenters. The van der Waals surface area contributed by atoms with Crippen LogP contribution in [0, 0.1) is 17.8 Å². The van der Waals surface area contributed by atoms with Crippen LogP contribution in [0.1, 0.15) is 38.5 Å². The van der Waals surface area contributed by atoms with Gasteiger partial charge in [0.15, 0.2) is 5.79 Å². The highest BCUT2D eigenvalue weighted by molar-refractivity contribution is 5.08. The molecule has 0 aromatic rings. The molecule has 3 aliphatic rings. The van der Waals surface area contributed by atoms with E-state index in [0.717, 1.165) is 32.0 Å². The monoisotopic (exact) mass is 274 g/mol. The van der Waals surface area contributed by atoms with Crippen molar-refractivity contribution in [1.82, 2.24) is 0 Å². The van der Waals surface area contributed by atoms with Crippen molar-refractivity contribution in [3.8, 4) is 0 Å². The summed E-state index contributed by atoms with van der Waals surface area (Å²) < 4.78 is 12.5. The Labute approximate surface area is 122 Å². The maximum atomic E-state index is 6.32. The van der Waals surface area contributed by atoms with Gasteiger partial charge in [0, 0.05) is 12.3 Å². The van der Waals surface area contributed by atoms with E-state index >= 15 is 0 Å². The highest BCUT2D eigenvalue weighted by atomic mass is 16.7. The fraction of sp³-hybridized carbons (Fsp3) is 0.667. The van der Waals surface area contributed by atoms with Crippen molar-refractivity contribution in [1.29, 1.82) is 0 Å². The topological polar surface area (TPSA) is 18.5 Å². The average Bonchev–Trinajstić information content (AvgIpc) is 2.48. The summed E-state index contributed by atoms with van der Waals surface area (Å²) in [6.07, 6.45) is 17.7. The SMILES string of the molecule is C=C/C=C/CCO[C@@]12CCC[C@H]3CC=CC(CCO1)[C@@H]32. The molecule has 1 heterocycles. The standard InChI is InChI=1S/C18H26O2/c1-2-3-4-5-13-19-18-12-7-10-15-8-6-9-16(17(15)18)11-14-20-18/h2-4,6,9,15-17H,1,5,7-8,10-14H2/b4-3+/t15-,16?,17-,18+/m1/s1. The fourth-order valence-electron chi connectivity index (χ4n) is 4.32. The second-order valence-corrected chi connectivity index (χ2v) is 6.26. The van der Waals surface area contributed by atoms with Crippen LogP contribution in [0.3, 0.4) is 0 Å². The summed E-state index contributed by atoms with van der Waals surface area (Å²) in [6, 6.07) is 0. The number of hydrogen-bond donors (Lipinski definition) is 0. The van der Waals surface area contributed by atoms with Gasteiger partial charge in [-0.15, -0.1) is 0 Å². The highest BCUT2D eigenvalue weighted by Crippen LogP contribution is 2.52. The lowest BCUT2D eigenvalue weighted by Crippen LogP contribution is -2.56. The van der Waals surface area contributed by atoms with Gasteiger partial charge in [-0.25, -0.2) is 0 Å². The molecular formula is C18H26O2. The van der Waals surface area contributed by atoms with Crippen LogP contribution in [-0.4, -0.2) is 19.0 Å². The molecule has 3 rings (SSSR count). The van der Waals surface area contributed by atoms with E-state index in [1.54, 1.807) is 0 Å². The van der Waals surface area contributed by atoms with E-state index in [2.05, 4.69) is 24.8 Å². The van der Waals surface area contributed by atoms with E-state index in [0.29, 0.717) is 11.8 Å². The molecule has 1 unspecified atom stereocenters. The molecule has 0 aromatic heterocycles. The second kappa shape index (κ2) is 6.28. The smallest absolute Gasteiger partial charge is 0.171 e. The van der Waals surface area contributed by atoms with Crippen LogP contribution in [-0.2, 0) is 9.47 Å². The molecular weight excluding hydrogens is 248 g/mol. The zero-order valence-corrected chi connectivity index (χ0v) is 12.3. The summed E-state index contributed by atoms with van der Waals surface area (Å²) in [5.41, 5.74) is 0.